The van der Waals surface area contributed by atoms with Crippen molar-refractivity contribution in [2.75, 3.05) is 7.11 Å². The van der Waals surface area contributed by atoms with Crippen molar-refractivity contribution in [1.82, 2.24) is 9.78 Å². The summed E-state index contributed by atoms with van der Waals surface area (Å²) in [6.07, 6.45) is 0. The Kier molecular flexibility index (Phi) is 5.48. The maximum Gasteiger partial charge on any atom is 0.238 e. The molecule has 1 heterocycles. The van der Waals surface area contributed by atoms with Gasteiger partial charge in [-0.15, -0.1) is 0 Å². The van der Waals surface area contributed by atoms with Gasteiger partial charge >= 0.3 is 0 Å². The molecule has 0 aliphatic rings. The van der Waals surface area contributed by atoms with Gasteiger partial charge in [0, 0.05) is 5.56 Å². The van der Waals surface area contributed by atoms with Crippen molar-refractivity contribution < 1.29 is 17.5 Å². The van der Waals surface area contributed by atoms with Crippen LogP contribution in [0, 0.1) is 12.7 Å². The number of aryl methyl sites for hydroxylation is 1. The number of ether oxygens (including phenoxy) is 1. The van der Waals surface area contributed by atoms with Crippen molar-refractivity contribution in [2.24, 2.45) is 5.14 Å². The zero-order chi connectivity index (χ0) is 18.2. The maximum absolute atomic E-state index is 14.0. The molecule has 0 amide bonds. The molecule has 0 fully saturated rings. The number of benzene rings is 2. The van der Waals surface area contributed by atoms with Crippen LogP contribution in [0.5, 0.6) is 5.75 Å². The molecule has 0 saturated carbocycles. The summed E-state index contributed by atoms with van der Waals surface area (Å²) in [7, 11) is -2.36. The molecule has 0 aliphatic heterocycles. The third-order valence-electron chi connectivity index (χ3n) is 3.69. The quantitative estimate of drug-likeness (QED) is 0.756. The molecule has 3 rings (SSSR count). The van der Waals surface area contributed by atoms with Gasteiger partial charge in [-0.2, -0.15) is 5.10 Å². The number of halogens is 1. The summed E-state index contributed by atoms with van der Waals surface area (Å²) in [5.74, 6) is -0.320. The van der Waals surface area contributed by atoms with Gasteiger partial charge in [-0.3, -0.25) is 0 Å². The molecule has 3 aromatic rings. The summed E-state index contributed by atoms with van der Waals surface area (Å²) >= 11 is 0. The standard InChI is InChI=1S/C17H16FN3O3S.CH4/c1-11-9-16(12-3-8-17(24-2)15(18)10-12)21(20-11)13-4-6-14(7-5-13)25(19,22)23;/h3-10H,1-2H3,(H2,19,22,23);1H4. The van der Waals surface area contributed by atoms with E-state index in [4.69, 9.17) is 9.88 Å². The maximum atomic E-state index is 14.0. The minimum Gasteiger partial charge on any atom is -0.494 e. The molecule has 0 bridgehead atoms. The van der Waals surface area contributed by atoms with Crippen LogP contribution in [0.4, 0.5) is 4.39 Å². The Morgan fingerprint density at radius 1 is 1.12 bits per heavy atom. The zero-order valence-electron chi connectivity index (χ0n) is 13.6. The summed E-state index contributed by atoms with van der Waals surface area (Å²) in [4.78, 5) is 0.0113. The average Bonchev–Trinajstić information content (AvgIpc) is 2.96. The van der Waals surface area contributed by atoms with E-state index in [1.165, 1.54) is 25.3 Å². The van der Waals surface area contributed by atoms with E-state index in [0.29, 0.717) is 16.9 Å². The number of nitrogens with two attached hydrogens (primary N) is 1. The third kappa shape index (κ3) is 3.76. The number of nitrogens with zero attached hydrogens (tertiary/aromatic N) is 2. The van der Waals surface area contributed by atoms with Gasteiger partial charge in [0.25, 0.3) is 0 Å². The lowest BCUT2D eigenvalue weighted by atomic mass is 10.1. The second-order valence-electron chi connectivity index (χ2n) is 5.47. The minimum atomic E-state index is -3.77. The van der Waals surface area contributed by atoms with E-state index in [9.17, 15) is 12.8 Å². The van der Waals surface area contributed by atoms with E-state index in [0.717, 1.165) is 5.69 Å². The largest absolute Gasteiger partial charge is 0.494 e. The van der Waals surface area contributed by atoms with Gasteiger partial charge < -0.3 is 4.74 Å². The van der Waals surface area contributed by atoms with Gasteiger partial charge in [-0.1, -0.05) is 7.43 Å². The molecule has 2 N–H and O–H groups in total. The summed E-state index contributed by atoms with van der Waals surface area (Å²) in [6, 6.07) is 12.4. The number of sulfonamides is 1. The molecular formula is C18H20FN3O3S. The highest BCUT2D eigenvalue weighted by Crippen LogP contribution is 2.28. The van der Waals surface area contributed by atoms with E-state index in [2.05, 4.69) is 5.10 Å². The molecule has 1 aromatic heterocycles. The Balaban J connectivity index is 0.00000243. The van der Waals surface area contributed by atoms with Crippen LogP contribution in [0.25, 0.3) is 16.9 Å². The lowest BCUT2D eigenvalue weighted by Crippen LogP contribution is -2.12. The monoisotopic (exact) mass is 377 g/mol. The molecule has 0 radical (unpaired) electrons. The van der Waals surface area contributed by atoms with Crippen LogP contribution in [0.2, 0.25) is 0 Å². The van der Waals surface area contributed by atoms with Gasteiger partial charge in [0.2, 0.25) is 10.0 Å². The topological polar surface area (TPSA) is 87.2 Å². The summed E-state index contributed by atoms with van der Waals surface area (Å²) in [6.45, 7) is 1.82. The van der Waals surface area contributed by atoms with Crippen LogP contribution < -0.4 is 9.88 Å². The fourth-order valence-electron chi connectivity index (χ4n) is 2.50. The zero-order valence-corrected chi connectivity index (χ0v) is 14.4. The number of methoxy groups -OCH3 is 1. The molecule has 0 aliphatic carbocycles. The van der Waals surface area contributed by atoms with E-state index < -0.39 is 15.8 Å². The van der Waals surface area contributed by atoms with Gasteiger partial charge in [0.1, 0.15) is 0 Å². The fraction of sp³-hybridized carbons (Fsp3) is 0.167. The Bertz CT molecular complexity index is 1030. The molecule has 0 spiro atoms. The van der Waals surface area contributed by atoms with Crippen LogP contribution >= 0.6 is 0 Å². The lowest BCUT2D eigenvalue weighted by molar-refractivity contribution is 0.386. The highest BCUT2D eigenvalue weighted by atomic mass is 32.2. The summed E-state index contributed by atoms with van der Waals surface area (Å²) < 4.78 is 43.3. The molecule has 0 saturated heterocycles. The van der Waals surface area contributed by atoms with Gasteiger partial charge in [-0.05, 0) is 55.5 Å². The molecule has 0 atom stereocenters. The predicted octanol–water partition coefficient (Wildman–Crippen LogP) is 3.28. The molecular weight excluding hydrogens is 357 g/mol. The summed E-state index contributed by atoms with van der Waals surface area (Å²) in [5.41, 5.74) is 2.66. The van der Waals surface area contributed by atoms with Crippen LogP contribution in [-0.2, 0) is 10.0 Å². The smallest absolute Gasteiger partial charge is 0.238 e. The van der Waals surface area contributed by atoms with Gasteiger partial charge in [0.15, 0.2) is 11.6 Å². The number of aromatic nitrogens is 2. The van der Waals surface area contributed by atoms with Gasteiger partial charge in [0.05, 0.1) is 29.1 Å². The van der Waals surface area contributed by atoms with E-state index >= 15 is 0 Å². The first kappa shape index (κ1) is 19.6. The lowest BCUT2D eigenvalue weighted by Gasteiger charge is -2.09. The van der Waals surface area contributed by atoms with Crippen LogP contribution in [0.15, 0.2) is 53.4 Å². The van der Waals surface area contributed by atoms with Crippen molar-refractivity contribution in [3.05, 3.63) is 60.0 Å². The van der Waals surface area contributed by atoms with Crippen LogP contribution in [0.1, 0.15) is 13.1 Å². The molecule has 138 valence electrons. The average molecular weight is 377 g/mol. The molecule has 2 aromatic carbocycles. The van der Waals surface area contributed by atoms with E-state index in [1.54, 1.807) is 28.9 Å². The molecule has 26 heavy (non-hydrogen) atoms. The van der Waals surface area contributed by atoms with Crippen LogP contribution in [0.3, 0.4) is 0 Å². The van der Waals surface area contributed by atoms with Crippen LogP contribution in [-0.4, -0.2) is 25.3 Å². The second-order valence-corrected chi connectivity index (χ2v) is 7.03. The van der Waals surface area contributed by atoms with Crippen molar-refractivity contribution in [3.63, 3.8) is 0 Å². The number of hydrogen-bond donors (Lipinski definition) is 1. The van der Waals surface area contributed by atoms with Crippen molar-refractivity contribution in [3.8, 4) is 22.7 Å². The predicted molar refractivity (Wildman–Crippen MR) is 98.4 cm³/mol. The second kappa shape index (κ2) is 7.27. The van der Waals surface area contributed by atoms with Crippen molar-refractivity contribution >= 4 is 10.0 Å². The Morgan fingerprint density at radius 3 is 2.31 bits per heavy atom. The first-order valence-corrected chi connectivity index (χ1v) is 8.88. The highest BCUT2D eigenvalue weighted by molar-refractivity contribution is 7.89. The van der Waals surface area contributed by atoms with Crippen molar-refractivity contribution in [1.29, 1.82) is 0 Å². The fourth-order valence-corrected chi connectivity index (χ4v) is 3.02. The van der Waals surface area contributed by atoms with Gasteiger partial charge in [-0.25, -0.2) is 22.6 Å². The highest BCUT2D eigenvalue weighted by Gasteiger charge is 2.14. The normalized spacial score (nSPS) is 11.1. The Hall–Kier alpha value is -2.71. The van der Waals surface area contributed by atoms with E-state index in [1.807, 2.05) is 13.0 Å². The summed E-state index contributed by atoms with van der Waals surface area (Å²) in [5, 5.41) is 9.51. The number of primary sulfonamides is 1. The molecule has 8 heteroatoms. The number of rotatable bonds is 4. The first-order valence-electron chi connectivity index (χ1n) is 7.33. The minimum absolute atomic E-state index is 0. The Morgan fingerprint density at radius 2 is 1.77 bits per heavy atom. The molecule has 0 unspecified atom stereocenters. The third-order valence-corrected chi connectivity index (χ3v) is 4.62. The molecule has 6 nitrogen and oxygen atoms in total. The SMILES string of the molecule is C.COc1ccc(-c2cc(C)nn2-c2ccc(S(N)(=O)=O)cc2)cc1F. The van der Waals surface area contributed by atoms with E-state index in [-0.39, 0.29) is 18.1 Å². The van der Waals surface area contributed by atoms with Crippen molar-refractivity contribution in [2.45, 2.75) is 19.2 Å². The Labute approximate surface area is 152 Å². The number of hydrogen-bond acceptors (Lipinski definition) is 4. The first-order chi connectivity index (χ1) is 11.8.